The third-order valence-electron chi connectivity index (χ3n) is 2.31. The van der Waals surface area contributed by atoms with Crippen molar-refractivity contribution in [2.45, 2.75) is 13.3 Å². The summed E-state index contributed by atoms with van der Waals surface area (Å²) in [6, 6.07) is 3.85. The van der Waals surface area contributed by atoms with Crippen molar-refractivity contribution in [3.05, 3.63) is 46.0 Å². The molecule has 2 N–H and O–H groups in total. The molecule has 84 valence electrons. The van der Waals surface area contributed by atoms with Crippen LogP contribution in [0.25, 0.3) is 0 Å². The number of nitrogens with two attached hydrogens (primary N) is 1. The van der Waals surface area contributed by atoms with E-state index in [1.165, 1.54) is 29.5 Å². The molecule has 0 aliphatic rings. The molecule has 2 nitrogen and oxygen atoms in total. The van der Waals surface area contributed by atoms with Crippen LogP contribution < -0.4 is 5.73 Å². The molecule has 0 bridgehead atoms. The van der Waals surface area contributed by atoms with E-state index in [2.05, 4.69) is 4.98 Å². The van der Waals surface area contributed by atoms with Crippen molar-refractivity contribution < 1.29 is 8.78 Å². The third kappa shape index (κ3) is 2.04. The molecule has 0 atom stereocenters. The quantitative estimate of drug-likeness (QED) is 0.876. The van der Waals surface area contributed by atoms with Crippen molar-refractivity contribution in [2.75, 3.05) is 5.73 Å². The van der Waals surface area contributed by atoms with Gasteiger partial charge in [-0.2, -0.15) is 0 Å². The molecule has 1 aromatic carbocycles. The molecule has 0 radical (unpaired) electrons. The number of thiazole rings is 1. The first-order valence-electron chi connectivity index (χ1n) is 4.72. The average Bonchev–Trinajstić information content (AvgIpc) is 2.51. The largest absolute Gasteiger partial charge is 0.375 e. The zero-order valence-electron chi connectivity index (χ0n) is 8.63. The molecule has 0 aliphatic heterocycles. The Morgan fingerprint density at radius 1 is 1.31 bits per heavy atom. The van der Waals surface area contributed by atoms with E-state index in [-0.39, 0.29) is 12.0 Å². The van der Waals surface area contributed by atoms with Gasteiger partial charge in [0.05, 0.1) is 5.69 Å². The summed E-state index contributed by atoms with van der Waals surface area (Å²) in [5.41, 5.74) is 6.32. The SMILES string of the molecule is Cc1nc(N)sc1Cc1c(F)cccc1F. The Morgan fingerprint density at radius 2 is 1.94 bits per heavy atom. The fourth-order valence-electron chi connectivity index (χ4n) is 1.48. The summed E-state index contributed by atoms with van der Waals surface area (Å²) < 4.78 is 26.8. The van der Waals surface area contributed by atoms with Crippen LogP contribution in [0.3, 0.4) is 0 Å². The number of hydrogen-bond donors (Lipinski definition) is 1. The van der Waals surface area contributed by atoms with Crippen LogP contribution in [0.4, 0.5) is 13.9 Å². The number of aromatic nitrogens is 1. The maximum Gasteiger partial charge on any atom is 0.180 e. The molecule has 2 aromatic rings. The summed E-state index contributed by atoms with van der Waals surface area (Å²) in [6.07, 6.45) is 0.194. The average molecular weight is 240 g/mol. The number of hydrogen-bond acceptors (Lipinski definition) is 3. The summed E-state index contributed by atoms with van der Waals surface area (Å²) in [5.74, 6) is -1.07. The van der Waals surface area contributed by atoms with Crippen molar-refractivity contribution in [2.24, 2.45) is 0 Å². The zero-order valence-corrected chi connectivity index (χ0v) is 9.44. The van der Waals surface area contributed by atoms with E-state index >= 15 is 0 Å². The van der Waals surface area contributed by atoms with E-state index in [0.717, 1.165) is 10.6 Å². The van der Waals surface area contributed by atoms with E-state index in [4.69, 9.17) is 5.73 Å². The first-order valence-corrected chi connectivity index (χ1v) is 5.54. The van der Waals surface area contributed by atoms with Gasteiger partial charge in [0, 0.05) is 16.9 Å². The van der Waals surface area contributed by atoms with Gasteiger partial charge in [0.25, 0.3) is 0 Å². The van der Waals surface area contributed by atoms with Gasteiger partial charge in [0.15, 0.2) is 5.13 Å². The standard InChI is InChI=1S/C11H10F2N2S/c1-6-10(16-11(14)15-6)5-7-8(12)3-2-4-9(7)13/h2-4H,5H2,1H3,(H2,14,15). The monoisotopic (exact) mass is 240 g/mol. The Morgan fingerprint density at radius 3 is 2.44 bits per heavy atom. The molecule has 2 rings (SSSR count). The minimum atomic E-state index is -0.536. The highest BCUT2D eigenvalue weighted by atomic mass is 32.1. The van der Waals surface area contributed by atoms with E-state index < -0.39 is 11.6 Å². The summed E-state index contributed by atoms with van der Waals surface area (Å²) in [5, 5.41) is 0.421. The highest BCUT2D eigenvalue weighted by molar-refractivity contribution is 7.15. The van der Waals surface area contributed by atoms with Gasteiger partial charge in [0.1, 0.15) is 11.6 Å². The Balaban J connectivity index is 2.37. The summed E-state index contributed by atoms with van der Waals surface area (Å²) in [7, 11) is 0. The van der Waals surface area contributed by atoms with Gasteiger partial charge in [-0.3, -0.25) is 0 Å². The van der Waals surface area contributed by atoms with Gasteiger partial charge in [-0.05, 0) is 19.1 Å². The minimum Gasteiger partial charge on any atom is -0.375 e. The lowest BCUT2D eigenvalue weighted by Gasteiger charge is -2.03. The highest BCUT2D eigenvalue weighted by Gasteiger charge is 2.13. The number of benzene rings is 1. The smallest absolute Gasteiger partial charge is 0.180 e. The predicted octanol–water partition coefficient (Wildman–Crippen LogP) is 2.90. The molecule has 0 spiro atoms. The first kappa shape index (κ1) is 11.0. The maximum atomic E-state index is 13.4. The number of aryl methyl sites for hydroxylation is 1. The van der Waals surface area contributed by atoms with Crippen molar-refractivity contribution in [1.82, 2.24) is 4.98 Å². The summed E-state index contributed by atoms with van der Waals surface area (Å²) >= 11 is 1.26. The van der Waals surface area contributed by atoms with Crippen LogP contribution in [0.1, 0.15) is 16.1 Å². The van der Waals surface area contributed by atoms with Gasteiger partial charge in [-0.25, -0.2) is 13.8 Å². The Hall–Kier alpha value is -1.49. The molecular weight excluding hydrogens is 230 g/mol. The third-order valence-corrected chi connectivity index (χ3v) is 3.29. The Kier molecular flexibility index (Phi) is 2.87. The molecule has 0 saturated heterocycles. The number of nitrogens with zero attached hydrogens (tertiary/aromatic N) is 1. The van der Waals surface area contributed by atoms with Crippen LogP contribution in [0.2, 0.25) is 0 Å². The number of anilines is 1. The molecule has 0 unspecified atom stereocenters. The van der Waals surface area contributed by atoms with Crippen LogP contribution in [0.5, 0.6) is 0 Å². The summed E-state index contributed by atoms with van der Waals surface area (Å²) in [6.45, 7) is 1.78. The fraction of sp³-hybridized carbons (Fsp3) is 0.182. The van der Waals surface area contributed by atoms with Gasteiger partial charge in [-0.1, -0.05) is 6.07 Å². The molecule has 0 saturated carbocycles. The number of rotatable bonds is 2. The zero-order chi connectivity index (χ0) is 11.7. The molecule has 5 heteroatoms. The van der Waals surface area contributed by atoms with Crippen molar-refractivity contribution in [3.8, 4) is 0 Å². The van der Waals surface area contributed by atoms with Crippen LogP contribution >= 0.6 is 11.3 Å². The van der Waals surface area contributed by atoms with E-state index in [1.807, 2.05) is 0 Å². The second kappa shape index (κ2) is 4.17. The van der Waals surface area contributed by atoms with Gasteiger partial charge >= 0.3 is 0 Å². The lowest BCUT2D eigenvalue weighted by molar-refractivity contribution is 0.562. The Labute approximate surface area is 95.7 Å². The minimum absolute atomic E-state index is 0.0641. The van der Waals surface area contributed by atoms with Crippen molar-refractivity contribution >= 4 is 16.5 Å². The Bertz CT molecular complexity index is 502. The first-order chi connectivity index (χ1) is 7.58. The van der Waals surface area contributed by atoms with Gasteiger partial charge < -0.3 is 5.73 Å². The number of nitrogen functional groups attached to an aromatic ring is 1. The van der Waals surface area contributed by atoms with Crippen LogP contribution in [-0.2, 0) is 6.42 Å². The molecular formula is C11H10F2N2S. The van der Waals surface area contributed by atoms with E-state index in [0.29, 0.717) is 5.13 Å². The van der Waals surface area contributed by atoms with Gasteiger partial charge in [0.2, 0.25) is 0 Å². The molecule has 1 heterocycles. The van der Waals surface area contributed by atoms with E-state index in [9.17, 15) is 8.78 Å². The molecule has 16 heavy (non-hydrogen) atoms. The van der Waals surface area contributed by atoms with Crippen molar-refractivity contribution in [3.63, 3.8) is 0 Å². The van der Waals surface area contributed by atoms with Crippen LogP contribution in [-0.4, -0.2) is 4.98 Å². The lowest BCUT2D eigenvalue weighted by atomic mass is 10.1. The van der Waals surface area contributed by atoms with Gasteiger partial charge in [-0.15, -0.1) is 11.3 Å². The predicted molar refractivity (Wildman–Crippen MR) is 60.4 cm³/mol. The normalized spacial score (nSPS) is 10.7. The molecule has 0 amide bonds. The fourth-order valence-corrected chi connectivity index (χ4v) is 2.32. The second-order valence-corrected chi connectivity index (χ2v) is 4.55. The lowest BCUT2D eigenvalue weighted by Crippen LogP contribution is -1.96. The summed E-state index contributed by atoms with van der Waals surface area (Å²) in [4.78, 5) is 4.81. The van der Waals surface area contributed by atoms with Crippen molar-refractivity contribution in [1.29, 1.82) is 0 Å². The maximum absolute atomic E-state index is 13.4. The molecule has 0 fully saturated rings. The number of halogens is 2. The topological polar surface area (TPSA) is 38.9 Å². The van der Waals surface area contributed by atoms with E-state index in [1.54, 1.807) is 6.92 Å². The molecule has 1 aromatic heterocycles. The van der Waals surface area contributed by atoms with Crippen LogP contribution in [0, 0.1) is 18.6 Å². The second-order valence-electron chi connectivity index (χ2n) is 3.44. The van der Waals surface area contributed by atoms with Crippen LogP contribution in [0.15, 0.2) is 18.2 Å². The molecule has 0 aliphatic carbocycles. The highest BCUT2D eigenvalue weighted by Crippen LogP contribution is 2.25.